The molecule has 0 unspecified atom stereocenters. The number of ether oxygens (including phenoxy) is 1. The van der Waals surface area contributed by atoms with Crippen LogP contribution < -0.4 is 20.7 Å². The van der Waals surface area contributed by atoms with Crippen LogP contribution in [0, 0.1) is 0 Å². The Morgan fingerprint density at radius 3 is 3.03 bits per heavy atom. The first kappa shape index (κ1) is 20.3. The van der Waals surface area contributed by atoms with Gasteiger partial charge < -0.3 is 25.8 Å². The molecule has 32 heavy (non-hydrogen) atoms. The van der Waals surface area contributed by atoms with Crippen LogP contribution in [-0.4, -0.2) is 51.8 Å². The lowest BCUT2D eigenvalue weighted by atomic mass is 10.2. The Bertz CT molecular complexity index is 1300. The number of aromatic hydroxyl groups is 1. The largest absolute Gasteiger partial charge is 0.497 e. The van der Waals surface area contributed by atoms with E-state index in [-0.39, 0.29) is 23.5 Å². The lowest BCUT2D eigenvalue weighted by molar-refractivity contribution is 0.102. The summed E-state index contributed by atoms with van der Waals surface area (Å²) in [5.41, 5.74) is 7.80. The number of nitrogens with two attached hydrogens (primary N) is 1. The monoisotopic (exact) mass is 450 g/mol. The van der Waals surface area contributed by atoms with Crippen molar-refractivity contribution in [3.8, 4) is 16.8 Å². The van der Waals surface area contributed by atoms with E-state index in [9.17, 15) is 9.90 Å². The van der Waals surface area contributed by atoms with Crippen molar-refractivity contribution in [3.63, 3.8) is 0 Å². The molecule has 3 aromatic heterocycles. The third-order valence-corrected chi connectivity index (χ3v) is 6.38. The molecule has 1 aliphatic heterocycles. The van der Waals surface area contributed by atoms with E-state index in [1.165, 1.54) is 11.3 Å². The molecule has 0 bridgehead atoms. The predicted octanol–water partition coefficient (Wildman–Crippen LogP) is 2.99. The Kier molecular flexibility index (Phi) is 5.16. The highest BCUT2D eigenvalue weighted by Crippen LogP contribution is 2.34. The van der Waals surface area contributed by atoms with Crippen LogP contribution in [0.4, 0.5) is 11.4 Å². The number of carbonyl (C=O) groups excluding carboxylic acids is 1. The molecule has 0 radical (unpaired) electrons. The molecule has 5 rings (SSSR count). The molecule has 1 amide bonds. The number of fused-ring (bicyclic) bond motifs is 1. The van der Waals surface area contributed by atoms with Crippen molar-refractivity contribution in [2.45, 2.75) is 12.5 Å². The van der Waals surface area contributed by atoms with Crippen molar-refractivity contribution in [1.29, 1.82) is 0 Å². The number of anilines is 2. The average molecular weight is 451 g/mol. The number of hydrogen-bond acceptors (Lipinski definition) is 8. The van der Waals surface area contributed by atoms with Crippen LogP contribution in [0.1, 0.15) is 16.9 Å². The van der Waals surface area contributed by atoms with Gasteiger partial charge in [-0.05, 0) is 30.7 Å². The Labute approximate surface area is 188 Å². The normalized spacial score (nSPS) is 15.9. The molecule has 1 fully saturated rings. The second-order valence-electron chi connectivity index (χ2n) is 7.63. The van der Waals surface area contributed by atoms with Crippen molar-refractivity contribution in [2.75, 3.05) is 30.4 Å². The van der Waals surface area contributed by atoms with Gasteiger partial charge in [0.15, 0.2) is 5.13 Å². The fourth-order valence-electron chi connectivity index (χ4n) is 3.88. The van der Waals surface area contributed by atoms with E-state index < -0.39 is 0 Å². The lowest BCUT2D eigenvalue weighted by Gasteiger charge is -2.21. The molecule has 4 heterocycles. The zero-order chi connectivity index (χ0) is 22.2. The van der Waals surface area contributed by atoms with Gasteiger partial charge in [-0.15, -0.1) is 11.3 Å². The van der Waals surface area contributed by atoms with Crippen molar-refractivity contribution >= 4 is 39.4 Å². The van der Waals surface area contributed by atoms with E-state index >= 15 is 0 Å². The summed E-state index contributed by atoms with van der Waals surface area (Å²) in [6.45, 7) is 1.57. The SMILES string of the molecule is COc1ccc2cn(-c3nc(C(=O)Nc4cnccc4N4CC[C@@H](N)C4)cs3)c(O)c2c1. The number of hydrogen-bond donors (Lipinski definition) is 3. The fourth-order valence-corrected chi connectivity index (χ4v) is 4.66. The summed E-state index contributed by atoms with van der Waals surface area (Å²) in [7, 11) is 1.58. The van der Waals surface area contributed by atoms with Crippen LogP contribution in [-0.2, 0) is 0 Å². The van der Waals surface area contributed by atoms with Gasteiger partial charge in [-0.1, -0.05) is 0 Å². The molecular formula is C22H22N6O3S. The van der Waals surface area contributed by atoms with Gasteiger partial charge in [-0.25, -0.2) is 4.98 Å². The summed E-state index contributed by atoms with van der Waals surface area (Å²) in [5.74, 6) is 0.347. The minimum atomic E-state index is -0.344. The molecule has 1 saturated heterocycles. The molecule has 0 spiro atoms. The van der Waals surface area contributed by atoms with Gasteiger partial charge in [0.1, 0.15) is 11.4 Å². The van der Waals surface area contributed by atoms with Gasteiger partial charge >= 0.3 is 0 Å². The van der Waals surface area contributed by atoms with E-state index in [2.05, 4.69) is 20.2 Å². The second kappa shape index (κ2) is 8.13. The molecule has 1 atom stereocenters. The highest BCUT2D eigenvalue weighted by Gasteiger charge is 2.23. The predicted molar refractivity (Wildman–Crippen MR) is 124 cm³/mol. The molecule has 0 aliphatic carbocycles. The summed E-state index contributed by atoms with van der Waals surface area (Å²) in [6, 6.07) is 7.44. The number of pyridine rings is 1. The Morgan fingerprint density at radius 2 is 2.25 bits per heavy atom. The highest BCUT2D eigenvalue weighted by atomic mass is 32.1. The molecule has 164 valence electrons. The van der Waals surface area contributed by atoms with Gasteiger partial charge in [0, 0.05) is 47.7 Å². The molecule has 4 N–H and O–H groups in total. The minimum Gasteiger partial charge on any atom is -0.497 e. The number of aromatic nitrogens is 3. The van der Waals surface area contributed by atoms with Crippen LogP contribution in [0.2, 0.25) is 0 Å². The van der Waals surface area contributed by atoms with Crippen LogP contribution in [0.3, 0.4) is 0 Å². The fraction of sp³-hybridized carbons (Fsp3) is 0.227. The molecule has 0 saturated carbocycles. The Hall–Kier alpha value is -3.63. The van der Waals surface area contributed by atoms with Crippen LogP contribution in [0.15, 0.2) is 48.2 Å². The number of methoxy groups -OCH3 is 1. The minimum absolute atomic E-state index is 0.0418. The summed E-state index contributed by atoms with van der Waals surface area (Å²) < 4.78 is 6.80. The topological polar surface area (TPSA) is 119 Å². The molecule has 1 aromatic carbocycles. The zero-order valence-electron chi connectivity index (χ0n) is 17.4. The first-order chi connectivity index (χ1) is 15.5. The number of carbonyl (C=O) groups is 1. The third-order valence-electron chi connectivity index (χ3n) is 5.54. The van der Waals surface area contributed by atoms with Crippen molar-refractivity contribution in [2.24, 2.45) is 5.73 Å². The molecule has 4 aromatic rings. The molecule has 9 nitrogen and oxygen atoms in total. The smallest absolute Gasteiger partial charge is 0.275 e. The lowest BCUT2D eigenvalue weighted by Crippen LogP contribution is -2.27. The molecular weight excluding hydrogens is 428 g/mol. The van der Waals surface area contributed by atoms with E-state index in [1.807, 2.05) is 18.2 Å². The zero-order valence-corrected chi connectivity index (χ0v) is 18.2. The molecule has 10 heteroatoms. The Morgan fingerprint density at radius 1 is 1.38 bits per heavy atom. The quantitative estimate of drug-likeness (QED) is 0.428. The van der Waals surface area contributed by atoms with Gasteiger partial charge in [0.05, 0.1) is 24.7 Å². The third kappa shape index (κ3) is 3.63. The van der Waals surface area contributed by atoms with Crippen molar-refractivity contribution < 1.29 is 14.6 Å². The summed E-state index contributed by atoms with van der Waals surface area (Å²) in [5, 5.41) is 17.2. The number of benzene rings is 1. The number of nitrogens with zero attached hydrogens (tertiary/aromatic N) is 4. The van der Waals surface area contributed by atoms with Gasteiger partial charge in [0.2, 0.25) is 5.88 Å². The number of rotatable bonds is 5. The van der Waals surface area contributed by atoms with E-state index in [0.717, 1.165) is 30.6 Å². The van der Waals surface area contributed by atoms with Gasteiger partial charge in [0.25, 0.3) is 5.91 Å². The second-order valence-corrected chi connectivity index (χ2v) is 8.47. The van der Waals surface area contributed by atoms with E-state index in [0.29, 0.717) is 22.0 Å². The van der Waals surface area contributed by atoms with E-state index in [1.54, 1.807) is 41.7 Å². The summed E-state index contributed by atoms with van der Waals surface area (Å²) in [6.07, 6.45) is 6.01. The van der Waals surface area contributed by atoms with Gasteiger partial charge in [-0.2, -0.15) is 0 Å². The maximum atomic E-state index is 12.9. The average Bonchev–Trinajstić information content (AvgIpc) is 3.53. The number of thiazole rings is 1. The van der Waals surface area contributed by atoms with Crippen LogP contribution in [0.5, 0.6) is 11.6 Å². The first-order valence-electron chi connectivity index (χ1n) is 10.1. The van der Waals surface area contributed by atoms with Gasteiger partial charge in [-0.3, -0.25) is 14.3 Å². The van der Waals surface area contributed by atoms with Crippen LogP contribution in [0.25, 0.3) is 15.9 Å². The summed E-state index contributed by atoms with van der Waals surface area (Å²) >= 11 is 1.27. The maximum Gasteiger partial charge on any atom is 0.275 e. The number of amides is 1. The standard InChI is InChI=1S/C22H22N6O3S/c1-31-15-3-2-13-10-28(21(30)16(13)8-15)22-26-18(12-32-22)20(29)25-17-9-24-6-4-19(17)27-7-5-14(23)11-27/h2-4,6,8-10,12,14,30H,5,7,11,23H2,1H3,(H,25,29)/t14-/m1/s1. The molecule has 1 aliphatic rings. The van der Waals surface area contributed by atoms with Crippen LogP contribution >= 0.6 is 11.3 Å². The Balaban J connectivity index is 1.40. The highest BCUT2D eigenvalue weighted by molar-refractivity contribution is 7.12. The van der Waals surface area contributed by atoms with E-state index in [4.69, 9.17) is 10.5 Å². The van der Waals surface area contributed by atoms with Crippen molar-refractivity contribution in [3.05, 3.63) is 53.9 Å². The summed E-state index contributed by atoms with van der Waals surface area (Å²) in [4.78, 5) is 23.6. The first-order valence-corrected chi connectivity index (χ1v) is 11.0. The maximum absolute atomic E-state index is 12.9. The number of nitrogens with one attached hydrogen (secondary N) is 1. The van der Waals surface area contributed by atoms with Crippen molar-refractivity contribution in [1.82, 2.24) is 14.5 Å².